The first-order valence-electron chi connectivity index (χ1n) is 9.06. The largest absolute Gasteiger partial charge is 0.494 e. The van der Waals surface area contributed by atoms with Gasteiger partial charge in [-0.15, -0.1) is 0 Å². The Labute approximate surface area is 170 Å². The Morgan fingerprint density at radius 1 is 1.03 bits per heavy atom. The third-order valence-corrected chi connectivity index (χ3v) is 5.49. The molecule has 0 aliphatic carbocycles. The number of carbonyl (C=O) groups excluding carboxylic acids is 2. The van der Waals surface area contributed by atoms with Crippen LogP contribution in [0.2, 0.25) is 0 Å². The highest BCUT2D eigenvalue weighted by molar-refractivity contribution is 7.89. The minimum atomic E-state index is -3.89. The number of benzene rings is 2. The number of carbonyl (C=O) groups is 2. The highest BCUT2D eigenvalue weighted by Gasteiger charge is 2.22. The molecule has 0 heterocycles. The maximum absolute atomic E-state index is 12.6. The molecular weight excluding hydrogens is 394 g/mol. The Kier molecular flexibility index (Phi) is 7.35. The van der Waals surface area contributed by atoms with Crippen LogP contribution in [0.15, 0.2) is 47.4 Å². The highest BCUT2D eigenvalue weighted by Crippen LogP contribution is 2.22. The summed E-state index contributed by atoms with van der Waals surface area (Å²) in [5.41, 5.74) is 1.76. The molecule has 2 aromatic rings. The van der Waals surface area contributed by atoms with Crippen LogP contribution in [0.3, 0.4) is 0 Å². The Bertz CT molecular complexity index is 988. The van der Waals surface area contributed by atoms with Gasteiger partial charge in [-0.1, -0.05) is 0 Å². The van der Waals surface area contributed by atoms with E-state index in [0.717, 1.165) is 0 Å². The minimum Gasteiger partial charge on any atom is -0.494 e. The molecule has 2 amide bonds. The number of ether oxygens (including phenoxy) is 1. The lowest BCUT2D eigenvalue weighted by molar-refractivity contribution is -0.117. The average molecular weight is 420 g/mol. The molecule has 2 rings (SSSR count). The number of rotatable bonds is 8. The predicted octanol–water partition coefficient (Wildman–Crippen LogP) is 2.66. The second-order valence-electron chi connectivity index (χ2n) is 6.45. The molecule has 2 aromatic carbocycles. The van der Waals surface area contributed by atoms with Gasteiger partial charge in [0.2, 0.25) is 21.8 Å². The fraction of sp³-hybridized carbons (Fsp3) is 0.300. The van der Waals surface area contributed by atoms with E-state index in [1.807, 2.05) is 6.92 Å². The molecule has 8 nitrogen and oxygen atoms in total. The number of hydrogen-bond donors (Lipinski definition) is 3. The van der Waals surface area contributed by atoms with Crippen molar-refractivity contribution in [1.82, 2.24) is 4.72 Å². The summed E-state index contributed by atoms with van der Waals surface area (Å²) in [4.78, 5) is 23.5. The molecular formula is C20H25N3O5S. The molecule has 0 radical (unpaired) electrons. The summed E-state index contributed by atoms with van der Waals surface area (Å²) in [6.07, 6.45) is 0. The molecule has 0 bridgehead atoms. The van der Waals surface area contributed by atoms with E-state index in [4.69, 9.17) is 4.74 Å². The van der Waals surface area contributed by atoms with Crippen molar-refractivity contribution in [1.29, 1.82) is 0 Å². The monoisotopic (exact) mass is 419 g/mol. The average Bonchev–Trinajstić information content (AvgIpc) is 2.64. The number of sulfonamides is 1. The quantitative estimate of drug-likeness (QED) is 0.609. The Balaban J connectivity index is 2.04. The Hall–Kier alpha value is -2.91. The maximum Gasteiger partial charge on any atom is 0.242 e. The van der Waals surface area contributed by atoms with E-state index < -0.39 is 22.0 Å². The molecule has 29 heavy (non-hydrogen) atoms. The van der Waals surface area contributed by atoms with Crippen LogP contribution in [-0.2, 0) is 19.6 Å². The van der Waals surface area contributed by atoms with Crippen LogP contribution in [-0.4, -0.2) is 32.9 Å². The fourth-order valence-corrected chi connectivity index (χ4v) is 3.84. The Morgan fingerprint density at radius 2 is 1.62 bits per heavy atom. The SMILES string of the molecule is CCOc1ccc(S(=O)(=O)N[C@@H](C)C(=O)Nc2ccc(NC(C)=O)cc2)cc1C. The zero-order chi connectivity index (χ0) is 21.6. The third kappa shape index (κ3) is 6.30. The minimum absolute atomic E-state index is 0.0535. The van der Waals surface area contributed by atoms with Gasteiger partial charge in [0.1, 0.15) is 5.75 Å². The van der Waals surface area contributed by atoms with E-state index in [9.17, 15) is 18.0 Å². The fourth-order valence-electron chi connectivity index (χ4n) is 2.55. The van der Waals surface area contributed by atoms with Gasteiger partial charge < -0.3 is 15.4 Å². The van der Waals surface area contributed by atoms with E-state index in [2.05, 4.69) is 15.4 Å². The highest BCUT2D eigenvalue weighted by atomic mass is 32.2. The Morgan fingerprint density at radius 3 is 2.14 bits per heavy atom. The van der Waals surface area contributed by atoms with Crippen LogP contribution in [0.1, 0.15) is 26.3 Å². The third-order valence-electron chi connectivity index (χ3n) is 3.95. The summed E-state index contributed by atoms with van der Waals surface area (Å²) >= 11 is 0. The zero-order valence-corrected chi connectivity index (χ0v) is 17.6. The van der Waals surface area contributed by atoms with Crippen molar-refractivity contribution in [3.8, 4) is 5.75 Å². The molecule has 0 aliphatic heterocycles. The lowest BCUT2D eigenvalue weighted by atomic mass is 10.2. The summed E-state index contributed by atoms with van der Waals surface area (Å²) < 4.78 is 33.0. The zero-order valence-electron chi connectivity index (χ0n) is 16.8. The predicted molar refractivity (Wildman–Crippen MR) is 112 cm³/mol. The van der Waals surface area contributed by atoms with Crippen molar-refractivity contribution in [2.24, 2.45) is 0 Å². The van der Waals surface area contributed by atoms with Crippen molar-refractivity contribution in [2.75, 3.05) is 17.2 Å². The van der Waals surface area contributed by atoms with Gasteiger partial charge in [0, 0.05) is 18.3 Å². The van der Waals surface area contributed by atoms with Crippen LogP contribution in [0, 0.1) is 6.92 Å². The summed E-state index contributed by atoms with van der Waals surface area (Å²) in [6.45, 7) is 6.94. The van der Waals surface area contributed by atoms with Crippen molar-refractivity contribution < 1.29 is 22.7 Å². The van der Waals surface area contributed by atoms with E-state index in [0.29, 0.717) is 29.3 Å². The molecule has 3 N–H and O–H groups in total. The maximum atomic E-state index is 12.6. The topological polar surface area (TPSA) is 114 Å². The van der Waals surface area contributed by atoms with Gasteiger partial charge in [0.05, 0.1) is 17.5 Å². The summed E-state index contributed by atoms with van der Waals surface area (Å²) in [7, 11) is -3.89. The molecule has 156 valence electrons. The second kappa shape index (κ2) is 9.53. The smallest absolute Gasteiger partial charge is 0.242 e. The van der Waals surface area contributed by atoms with E-state index in [-0.39, 0.29) is 10.8 Å². The van der Waals surface area contributed by atoms with Crippen LogP contribution >= 0.6 is 0 Å². The first-order valence-corrected chi connectivity index (χ1v) is 10.5. The van der Waals surface area contributed by atoms with Gasteiger partial charge in [-0.3, -0.25) is 9.59 Å². The lowest BCUT2D eigenvalue weighted by Gasteiger charge is -2.16. The van der Waals surface area contributed by atoms with Gasteiger partial charge >= 0.3 is 0 Å². The number of nitrogens with one attached hydrogen (secondary N) is 3. The molecule has 0 saturated carbocycles. The normalized spacial score (nSPS) is 12.1. The van der Waals surface area contributed by atoms with E-state index in [1.165, 1.54) is 26.0 Å². The molecule has 9 heteroatoms. The van der Waals surface area contributed by atoms with Gasteiger partial charge in [-0.05, 0) is 68.8 Å². The molecule has 0 unspecified atom stereocenters. The van der Waals surface area contributed by atoms with Gasteiger partial charge in [-0.2, -0.15) is 4.72 Å². The molecule has 0 saturated heterocycles. The van der Waals surface area contributed by atoms with E-state index in [1.54, 1.807) is 37.3 Å². The first kappa shape index (κ1) is 22.4. The summed E-state index contributed by atoms with van der Waals surface area (Å²) in [5, 5.41) is 5.26. The second-order valence-corrected chi connectivity index (χ2v) is 8.17. The van der Waals surface area contributed by atoms with Crippen LogP contribution < -0.4 is 20.1 Å². The summed E-state index contributed by atoms with van der Waals surface area (Å²) in [5.74, 6) is -0.0993. The molecule has 0 fully saturated rings. The van der Waals surface area contributed by atoms with Crippen molar-refractivity contribution in [2.45, 2.75) is 38.6 Å². The van der Waals surface area contributed by atoms with Crippen LogP contribution in [0.25, 0.3) is 0 Å². The number of hydrogen-bond acceptors (Lipinski definition) is 5. The number of amides is 2. The lowest BCUT2D eigenvalue weighted by Crippen LogP contribution is -2.41. The first-order chi connectivity index (χ1) is 13.6. The molecule has 1 atom stereocenters. The van der Waals surface area contributed by atoms with Gasteiger partial charge in [0.25, 0.3) is 0 Å². The molecule has 0 aliphatic rings. The van der Waals surface area contributed by atoms with Gasteiger partial charge in [0.15, 0.2) is 0 Å². The summed E-state index contributed by atoms with van der Waals surface area (Å²) in [6, 6.07) is 10.0. The molecule has 0 spiro atoms. The van der Waals surface area contributed by atoms with Crippen molar-refractivity contribution in [3.05, 3.63) is 48.0 Å². The van der Waals surface area contributed by atoms with Crippen molar-refractivity contribution in [3.63, 3.8) is 0 Å². The van der Waals surface area contributed by atoms with Crippen LogP contribution in [0.5, 0.6) is 5.75 Å². The van der Waals surface area contributed by atoms with Crippen LogP contribution in [0.4, 0.5) is 11.4 Å². The number of anilines is 2. The van der Waals surface area contributed by atoms with Crippen molar-refractivity contribution >= 4 is 33.2 Å². The van der Waals surface area contributed by atoms with E-state index >= 15 is 0 Å². The molecule has 0 aromatic heterocycles. The van der Waals surface area contributed by atoms with Gasteiger partial charge in [-0.25, -0.2) is 8.42 Å². The standard InChI is InChI=1S/C20H25N3O5S/c1-5-28-19-11-10-18(12-13(19)2)29(26,27)23-14(3)20(25)22-17-8-6-16(7-9-17)21-15(4)24/h6-12,14,23H,5H2,1-4H3,(H,21,24)(H,22,25)/t14-/m0/s1. The number of aryl methyl sites for hydroxylation is 1.